The lowest BCUT2D eigenvalue weighted by Crippen LogP contribution is -2.08. The Balaban J connectivity index is 1.83. The van der Waals surface area contributed by atoms with Crippen molar-refractivity contribution in [2.75, 3.05) is 0 Å². The first-order valence-corrected chi connectivity index (χ1v) is 5.17. The summed E-state index contributed by atoms with van der Waals surface area (Å²) in [4.78, 5) is 0. The van der Waals surface area contributed by atoms with Crippen molar-refractivity contribution in [1.29, 1.82) is 0 Å². The van der Waals surface area contributed by atoms with Gasteiger partial charge in [0.05, 0.1) is 0 Å². The molecule has 1 aliphatic rings. The molecule has 1 saturated carbocycles. The van der Waals surface area contributed by atoms with Gasteiger partial charge in [0.2, 0.25) is 0 Å². The third-order valence-corrected chi connectivity index (χ3v) is 2.80. The quantitative estimate of drug-likeness (QED) is 0.649. The highest BCUT2D eigenvalue weighted by atomic mass is 14.2. The van der Waals surface area contributed by atoms with Gasteiger partial charge in [0.1, 0.15) is 0 Å². The van der Waals surface area contributed by atoms with Crippen LogP contribution in [-0.4, -0.2) is 0 Å². The smallest absolute Gasteiger partial charge is 0.0260 e. The zero-order valence-electron chi connectivity index (χ0n) is 7.95. The maximum Gasteiger partial charge on any atom is -0.0260 e. The molecule has 13 heavy (non-hydrogen) atoms. The van der Waals surface area contributed by atoms with E-state index in [4.69, 9.17) is 0 Å². The first kappa shape index (κ1) is 8.55. The normalized spacial score (nSPS) is 17.5. The summed E-state index contributed by atoms with van der Waals surface area (Å²) in [5.74, 6) is 0.986. The molecule has 1 fully saturated rings. The van der Waals surface area contributed by atoms with Crippen LogP contribution in [0.2, 0.25) is 0 Å². The standard InChI is InChI=1S/C13H16/c1-2-6-12(7-3-1)8-4-9-13-10-5-11-13/h1-4,6-8,13H,5,9-11H2. The molecule has 0 unspecified atom stereocenters. The third-order valence-electron chi connectivity index (χ3n) is 2.80. The monoisotopic (exact) mass is 172 g/mol. The van der Waals surface area contributed by atoms with Crippen LogP contribution in [0.3, 0.4) is 0 Å². The van der Waals surface area contributed by atoms with Gasteiger partial charge in [0.15, 0.2) is 0 Å². The van der Waals surface area contributed by atoms with E-state index in [-0.39, 0.29) is 0 Å². The van der Waals surface area contributed by atoms with Gasteiger partial charge in [-0.3, -0.25) is 0 Å². The third kappa shape index (κ3) is 2.45. The summed E-state index contributed by atoms with van der Waals surface area (Å²) in [6, 6.07) is 10.5. The van der Waals surface area contributed by atoms with Gasteiger partial charge >= 0.3 is 0 Å². The van der Waals surface area contributed by atoms with Gasteiger partial charge in [0, 0.05) is 0 Å². The van der Waals surface area contributed by atoms with E-state index in [0.717, 1.165) is 5.92 Å². The van der Waals surface area contributed by atoms with Crippen molar-refractivity contribution in [3.05, 3.63) is 42.0 Å². The second-order valence-electron chi connectivity index (χ2n) is 3.85. The number of hydrogen-bond donors (Lipinski definition) is 0. The molecule has 1 aromatic rings. The van der Waals surface area contributed by atoms with Crippen molar-refractivity contribution in [2.24, 2.45) is 5.92 Å². The molecular formula is C13H16. The topological polar surface area (TPSA) is 0 Å². The van der Waals surface area contributed by atoms with Gasteiger partial charge in [-0.15, -0.1) is 0 Å². The highest BCUT2D eigenvalue weighted by Crippen LogP contribution is 2.29. The molecule has 68 valence electrons. The Morgan fingerprint density at radius 3 is 2.54 bits per heavy atom. The minimum absolute atomic E-state index is 0.986. The van der Waals surface area contributed by atoms with E-state index in [0.29, 0.717) is 0 Å². The maximum atomic E-state index is 2.32. The molecule has 0 bridgehead atoms. The summed E-state index contributed by atoms with van der Waals surface area (Å²) in [5.41, 5.74) is 1.32. The second-order valence-corrected chi connectivity index (χ2v) is 3.85. The first-order chi connectivity index (χ1) is 6.45. The SMILES string of the molecule is C(=Cc1ccccc1)CC1CCC1. The maximum absolute atomic E-state index is 2.32. The number of benzene rings is 1. The average Bonchev–Trinajstić information content (AvgIpc) is 2.11. The summed E-state index contributed by atoms with van der Waals surface area (Å²) < 4.78 is 0. The summed E-state index contributed by atoms with van der Waals surface area (Å²) in [7, 11) is 0. The second kappa shape index (κ2) is 4.27. The highest BCUT2D eigenvalue weighted by molar-refractivity contribution is 5.48. The van der Waals surface area contributed by atoms with Gasteiger partial charge in [-0.2, -0.15) is 0 Å². The van der Waals surface area contributed by atoms with E-state index in [1.54, 1.807) is 0 Å². The first-order valence-electron chi connectivity index (χ1n) is 5.17. The number of allylic oxidation sites excluding steroid dienone is 1. The molecule has 0 atom stereocenters. The number of rotatable bonds is 3. The minimum Gasteiger partial charge on any atom is -0.0837 e. The van der Waals surface area contributed by atoms with E-state index in [1.807, 2.05) is 0 Å². The molecule has 0 aliphatic heterocycles. The summed E-state index contributed by atoms with van der Waals surface area (Å²) in [6.07, 6.45) is 10.2. The molecule has 1 aromatic carbocycles. The minimum atomic E-state index is 0.986. The van der Waals surface area contributed by atoms with Crippen LogP contribution in [0.15, 0.2) is 36.4 Å². The molecule has 0 amide bonds. The Labute approximate surface area is 80.3 Å². The van der Waals surface area contributed by atoms with Gasteiger partial charge in [0.25, 0.3) is 0 Å². The molecule has 0 aromatic heterocycles. The Hall–Kier alpha value is -1.04. The van der Waals surface area contributed by atoms with Crippen molar-refractivity contribution in [3.63, 3.8) is 0 Å². The van der Waals surface area contributed by atoms with Crippen LogP contribution in [-0.2, 0) is 0 Å². The van der Waals surface area contributed by atoms with Crippen molar-refractivity contribution < 1.29 is 0 Å². The summed E-state index contributed by atoms with van der Waals surface area (Å²) >= 11 is 0. The Bertz CT molecular complexity index is 267. The molecule has 0 saturated heterocycles. The van der Waals surface area contributed by atoms with Crippen molar-refractivity contribution in [1.82, 2.24) is 0 Å². The molecule has 0 spiro atoms. The van der Waals surface area contributed by atoms with E-state index >= 15 is 0 Å². The molecule has 2 rings (SSSR count). The van der Waals surface area contributed by atoms with Crippen LogP contribution in [0.5, 0.6) is 0 Å². The van der Waals surface area contributed by atoms with Crippen LogP contribution in [0.1, 0.15) is 31.2 Å². The molecule has 1 aliphatic carbocycles. The predicted octanol–water partition coefficient (Wildman–Crippen LogP) is 3.89. The summed E-state index contributed by atoms with van der Waals surface area (Å²) in [5, 5.41) is 0. The van der Waals surface area contributed by atoms with Crippen LogP contribution in [0.25, 0.3) is 6.08 Å². The van der Waals surface area contributed by atoms with E-state index in [2.05, 4.69) is 42.5 Å². The van der Waals surface area contributed by atoms with Crippen LogP contribution in [0.4, 0.5) is 0 Å². The fourth-order valence-electron chi connectivity index (χ4n) is 1.69. The lowest BCUT2D eigenvalue weighted by molar-refractivity contribution is 0.320. The van der Waals surface area contributed by atoms with Gasteiger partial charge in [-0.25, -0.2) is 0 Å². The molecule has 0 N–H and O–H groups in total. The molecule has 0 radical (unpaired) electrons. The van der Waals surface area contributed by atoms with Crippen molar-refractivity contribution in [2.45, 2.75) is 25.7 Å². The highest BCUT2D eigenvalue weighted by Gasteiger charge is 2.14. The average molecular weight is 172 g/mol. The molecule has 0 heterocycles. The van der Waals surface area contributed by atoms with E-state index in [1.165, 1.54) is 31.2 Å². The Morgan fingerprint density at radius 1 is 1.15 bits per heavy atom. The van der Waals surface area contributed by atoms with Crippen LogP contribution < -0.4 is 0 Å². The lowest BCUT2D eigenvalue weighted by Gasteiger charge is -2.23. The van der Waals surface area contributed by atoms with Gasteiger partial charge < -0.3 is 0 Å². The fraction of sp³-hybridized carbons (Fsp3) is 0.385. The number of hydrogen-bond acceptors (Lipinski definition) is 0. The zero-order chi connectivity index (χ0) is 8.93. The molecule has 0 heteroatoms. The van der Waals surface area contributed by atoms with Gasteiger partial charge in [-0.05, 0) is 17.9 Å². The van der Waals surface area contributed by atoms with Crippen molar-refractivity contribution >= 4 is 6.08 Å². The van der Waals surface area contributed by atoms with Crippen molar-refractivity contribution in [3.8, 4) is 0 Å². The Morgan fingerprint density at radius 2 is 1.92 bits per heavy atom. The lowest BCUT2D eigenvalue weighted by atomic mass is 9.83. The largest absolute Gasteiger partial charge is 0.0837 e. The van der Waals surface area contributed by atoms with E-state index in [9.17, 15) is 0 Å². The predicted molar refractivity (Wildman–Crippen MR) is 57.4 cm³/mol. The zero-order valence-corrected chi connectivity index (χ0v) is 7.95. The van der Waals surface area contributed by atoms with Gasteiger partial charge in [-0.1, -0.05) is 61.7 Å². The summed E-state index contributed by atoms with van der Waals surface area (Å²) in [6.45, 7) is 0. The van der Waals surface area contributed by atoms with E-state index < -0.39 is 0 Å². The Kier molecular flexibility index (Phi) is 2.81. The molecular weight excluding hydrogens is 156 g/mol. The fourth-order valence-corrected chi connectivity index (χ4v) is 1.69. The van der Waals surface area contributed by atoms with Crippen LogP contribution in [0, 0.1) is 5.92 Å². The van der Waals surface area contributed by atoms with Crippen LogP contribution >= 0.6 is 0 Å². The molecule has 0 nitrogen and oxygen atoms in total.